The highest BCUT2D eigenvalue weighted by molar-refractivity contribution is 6.02. The predicted octanol–water partition coefficient (Wildman–Crippen LogP) is 2.81. The molecule has 82 valence electrons. The molecule has 0 fully saturated rings. The minimum absolute atomic E-state index is 0.00398. The highest BCUT2D eigenvalue weighted by Crippen LogP contribution is 2.39. The van der Waals surface area contributed by atoms with E-state index in [1.807, 2.05) is 30.3 Å². The molecule has 1 atom stereocenters. The second-order valence-electron chi connectivity index (χ2n) is 4.42. The lowest BCUT2D eigenvalue weighted by molar-refractivity contribution is -0.119. The smallest absolute Gasteiger partial charge is 0.205 e. The molecule has 2 aliphatic rings. The molecule has 0 saturated heterocycles. The van der Waals surface area contributed by atoms with Crippen molar-refractivity contribution in [2.45, 2.75) is 25.2 Å². The lowest BCUT2D eigenvalue weighted by Crippen LogP contribution is -2.12. The van der Waals surface area contributed by atoms with Gasteiger partial charge in [-0.2, -0.15) is 0 Å². The van der Waals surface area contributed by atoms with Crippen LogP contribution in [-0.2, 0) is 9.53 Å². The second kappa shape index (κ2) is 3.78. The maximum absolute atomic E-state index is 12.2. The van der Waals surface area contributed by atoms with E-state index in [4.69, 9.17) is 4.74 Å². The van der Waals surface area contributed by atoms with E-state index < -0.39 is 0 Å². The van der Waals surface area contributed by atoms with Gasteiger partial charge in [0.05, 0.1) is 12.5 Å². The van der Waals surface area contributed by atoms with Crippen molar-refractivity contribution in [1.82, 2.24) is 0 Å². The summed E-state index contributed by atoms with van der Waals surface area (Å²) in [4.78, 5) is 12.2. The molecule has 0 unspecified atom stereocenters. The third-order valence-corrected chi connectivity index (χ3v) is 3.38. The first-order valence-electron chi connectivity index (χ1n) is 5.80. The molecule has 0 amide bonds. The Morgan fingerprint density at radius 1 is 1.19 bits per heavy atom. The van der Waals surface area contributed by atoms with Crippen molar-refractivity contribution in [3.8, 4) is 0 Å². The zero-order chi connectivity index (χ0) is 11.0. The number of carbonyl (C=O) groups excluding carboxylic acids is 1. The largest absolute Gasteiger partial charge is 0.490 e. The van der Waals surface area contributed by atoms with E-state index >= 15 is 0 Å². The molecule has 16 heavy (non-hydrogen) atoms. The van der Waals surface area contributed by atoms with Gasteiger partial charge in [0.2, 0.25) is 5.78 Å². The van der Waals surface area contributed by atoms with Crippen molar-refractivity contribution in [2.75, 3.05) is 6.61 Å². The van der Waals surface area contributed by atoms with E-state index in [9.17, 15) is 4.79 Å². The van der Waals surface area contributed by atoms with E-state index in [2.05, 4.69) is 0 Å². The van der Waals surface area contributed by atoms with Crippen molar-refractivity contribution < 1.29 is 9.53 Å². The lowest BCUT2D eigenvalue weighted by atomic mass is 9.94. The van der Waals surface area contributed by atoms with E-state index in [1.165, 1.54) is 5.57 Å². The third kappa shape index (κ3) is 1.45. The Labute approximate surface area is 94.9 Å². The number of hydrogen-bond donors (Lipinski definition) is 0. The zero-order valence-electron chi connectivity index (χ0n) is 9.11. The van der Waals surface area contributed by atoms with Crippen LogP contribution in [0.3, 0.4) is 0 Å². The molecule has 1 heterocycles. The molecular weight excluding hydrogens is 200 g/mol. The quantitative estimate of drug-likeness (QED) is 0.718. The maximum Gasteiger partial charge on any atom is 0.205 e. The molecule has 2 nitrogen and oxygen atoms in total. The Hall–Kier alpha value is -1.57. The van der Waals surface area contributed by atoms with Crippen LogP contribution in [0, 0.1) is 0 Å². The SMILES string of the molecule is O=C1C2=C(CCCO2)C[C@H]1c1ccccc1. The average molecular weight is 214 g/mol. The van der Waals surface area contributed by atoms with Gasteiger partial charge in [0.1, 0.15) is 0 Å². The van der Waals surface area contributed by atoms with Crippen LogP contribution in [0.4, 0.5) is 0 Å². The van der Waals surface area contributed by atoms with E-state index in [1.54, 1.807) is 0 Å². The first-order chi connectivity index (χ1) is 7.86. The predicted molar refractivity (Wildman–Crippen MR) is 61.0 cm³/mol. The van der Waals surface area contributed by atoms with Crippen molar-refractivity contribution in [2.24, 2.45) is 0 Å². The summed E-state index contributed by atoms with van der Waals surface area (Å²) in [7, 11) is 0. The molecule has 1 aromatic rings. The number of ether oxygens (including phenoxy) is 1. The van der Waals surface area contributed by atoms with Gasteiger partial charge in [0, 0.05) is 0 Å². The van der Waals surface area contributed by atoms with Gasteiger partial charge >= 0.3 is 0 Å². The van der Waals surface area contributed by atoms with Crippen LogP contribution in [0.5, 0.6) is 0 Å². The molecule has 2 heteroatoms. The summed E-state index contributed by atoms with van der Waals surface area (Å²) in [6.45, 7) is 0.700. The fraction of sp³-hybridized carbons (Fsp3) is 0.357. The van der Waals surface area contributed by atoms with E-state index in [-0.39, 0.29) is 11.7 Å². The van der Waals surface area contributed by atoms with Gasteiger partial charge in [-0.1, -0.05) is 30.3 Å². The standard InChI is InChI=1S/C14H14O2/c15-13-12(10-5-2-1-3-6-10)9-11-7-4-8-16-14(11)13/h1-3,5-6,12H,4,7-9H2/t12-/m0/s1. The monoisotopic (exact) mass is 214 g/mol. The van der Waals surface area contributed by atoms with Crippen LogP contribution in [0.2, 0.25) is 0 Å². The Bertz CT molecular complexity index is 445. The zero-order valence-corrected chi connectivity index (χ0v) is 9.11. The molecule has 1 aromatic carbocycles. The maximum atomic E-state index is 12.2. The van der Waals surface area contributed by atoms with Crippen LogP contribution in [0.15, 0.2) is 41.7 Å². The van der Waals surface area contributed by atoms with Crippen LogP contribution in [0.1, 0.15) is 30.7 Å². The van der Waals surface area contributed by atoms with Gasteiger partial charge in [0.25, 0.3) is 0 Å². The van der Waals surface area contributed by atoms with Gasteiger partial charge in [0.15, 0.2) is 5.76 Å². The summed E-state index contributed by atoms with van der Waals surface area (Å²) in [6, 6.07) is 10.0. The number of benzene rings is 1. The van der Waals surface area contributed by atoms with Crippen molar-refractivity contribution in [1.29, 1.82) is 0 Å². The summed E-state index contributed by atoms with van der Waals surface area (Å²) in [6.07, 6.45) is 2.94. The Morgan fingerprint density at radius 3 is 2.75 bits per heavy atom. The fourth-order valence-electron chi connectivity index (χ4n) is 2.57. The van der Waals surface area contributed by atoms with Crippen LogP contribution in [0.25, 0.3) is 0 Å². The number of allylic oxidation sites excluding steroid dienone is 2. The van der Waals surface area contributed by atoms with Crippen molar-refractivity contribution in [3.63, 3.8) is 0 Å². The molecule has 0 aromatic heterocycles. The second-order valence-corrected chi connectivity index (χ2v) is 4.42. The molecule has 0 saturated carbocycles. The first-order valence-corrected chi connectivity index (χ1v) is 5.80. The minimum atomic E-state index is 0.00398. The Balaban J connectivity index is 1.90. The first kappa shape index (κ1) is 9.64. The van der Waals surface area contributed by atoms with Crippen molar-refractivity contribution >= 4 is 5.78 Å². The summed E-state index contributed by atoms with van der Waals surface area (Å²) in [5.74, 6) is 0.852. The molecule has 0 N–H and O–H groups in total. The fourth-order valence-corrected chi connectivity index (χ4v) is 2.57. The number of hydrogen-bond acceptors (Lipinski definition) is 2. The summed E-state index contributed by atoms with van der Waals surface area (Å²) >= 11 is 0. The molecule has 0 bridgehead atoms. The van der Waals surface area contributed by atoms with Gasteiger partial charge in [-0.25, -0.2) is 0 Å². The number of rotatable bonds is 1. The van der Waals surface area contributed by atoms with E-state index in [0.717, 1.165) is 24.8 Å². The van der Waals surface area contributed by atoms with Crippen molar-refractivity contribution in [3.05, 3.63) is 47.2 Å². The summed E-state index contributed by atoms with van der Waals surface area (Å²) < 4.78 is 5.50. The molecule has 1 aliphatic carbocycles. The van der Waals surface area contributed by atoms with Crippen LogP contribution in [-0.4, -0.2) is 12.4 Å². The summed E-state index contributed by atoms with van der Waals surface area (Å²) in [5, 5.41) is 0. The highest BCUT2D eigenvalue weighted by Gasteiger charge is 2.36. The number of Topliss-reactive ketones (excluding diaryl/α,β-unsaturated/α-hetero) is 1. The number of carbonyl (C=O) groups is 1. The topological polar surface area (TPSA) is 26.3 Å². The van der Waals surface area contributed by atoms with Gasteiger partial charge in [-0.3, -0.25) is 4.79 Å². The Morgan fingerprint density at radius 2 is 2.00 bits per heavy atom. The minimum Gasteiger partial charge on any atom is -0.490 e. The van der Waals surface area contributed by atoms with Gasteiger partial charge in [-0.05, 0) is 30.4 Å². The molecule has 0 radical (unpaired) electrons. The normalized spacial score (nSPS) is 24.2. The molecule has 0 spiro atoms. The van der Waals surface area contributed by atoms with E-state index in [0.29, 0.717) is 12.4 Å². The highest BCUT2D eigenvalue weighted by atomic mass is 16.5. The summed E-state index contributed by atoms with van der Waals surface area (Å²) in [5.41, 5.74) is 2.34. The average Bonchev–Trinajstić information content (AvgIpc) is 2.69. The van der Waals surface area contributed by atoms with Crippen LogP contribution < -0.4 is 0 Å². The third-order valence-electron chi connectivity index (χ3n) is 3.38. The van der Waals surface area contributed by atoms with Gasteiger partial charge < -0.3 is 4.74 Å². The Kier molecular flexibility index (Phi) is 2.28. The molecule has 1 aliphatic heterocycles. The molecule has 3 rings (SSSR count). The lowest BCUT2D eigenvalue weighted by Gasteiger charge is -2.13. The van der Waals surface area contributed by atoms with Crippen LogP contribution >= 0.6 is 0 Å². The molecular formula is C14H14O2. The number of ketones is 1. The van der Waals surface area contributed by atoms with Gasteiger partial charge in [-0.15, -0.1) is 0 Å².